The van der Waals surface area contributed by atoms with Crippen LogP contribution in [0.3, 0.4) is 0 Å². The van der Waals surface area contributed by atoms with Crippen molar-refractivity contribution in [1.82, 2.24) is 4.98 Å². The molecule has 1 N–H and O–H groups in total. The molecule has 400 valence electrons. The molecule has 0 unspecified atom stereocenters. The molecule has 5 aromatic rings. The summed E-state index contributed by atoms with van der Waals surface area (Å²) in [6, 6.07) is 33.6. The summed E-state index contributed by atoms with van der Waals surface area (Å²) < 4.78 is 0. The molecule has 3 aliphatic heterocycles. The minimum absolute atomic E-state index is 0.0456. The van der Waals surface area contributed by atoms with Gasteiger partial charge >= 0.3 is 0 Å². The Labute approximate surface area is 465 Å². The zero-order valence-corrected chi connectivity index (χ0v) is 51.1. The predicted molar refractivity (Wildman–Crippen MR) is 335 cm³/mol. The maximum Gasteiger partial charge on any atom is 0.0737 e. The van der Waals surface area contributed by atoms with E-state index in [4.69, 9.17) is 9.98 Å². The summed E-state index contributed by atoms with van der Waals surface area (Å²) in [6.07, 6.45) is 14.6. The van der Waals surface area contributed by atoms with Gasteiger partial charge in [-0.15, -0.1) is 0 Å². The minimum Gasteiger partial charge on any atom is -0.354 e. The van der Waals surface area contributed by atoms with Gasteiger partial charge in [-0.3, -0.25) is 0 Å². The molecule has 3 nitrogen and oxygen atoms in total. The van der Waals surface area contributed by atoms with Crippen LogP contribution in [0.25, 0.3) is 22.3 Å². The molecule has 0 fully saturated rings. The Kier molecular flexibility index (Phi) is 13.6. The molecule has 0 saturated heterocycles. The second-order valence-corrected chi connectivity index (χ2v) is 30.0. The molecule has 0 spiro atoms. The lowest BCUT2D eigenvalue weighted by Crippen LogP contribution is -2.17. The van der Waals surface area contributed by atoms with Crippen LogP contribution in [0.5, 0.6) is 0 Å². The van der Waals surface area contributed by atoms with E-state index < -0.39 is 0 Å². The predicted octanol–water partition coefficient (Wildman–Crippen LogP) is 19.8. The maximum atomic E-state index is 5.88. The number of rotatable bonds is 4. The van der Waals surface area contributed by atoms with Crippen molar-refractivity contribution in [3.63, 3.8) is 0 Å². The van der Waals surface area contributed by atoms with E-state index in [1.54, 1.807) is 0 Å². The zero-order chi connectivity index (χ0) is 56.3. The van der Waals surface area contributed by atoms with Crippen LogP contribution in [0.15, 0.2) is 154 Å². The van der Waals surface area contributed by atoms with E-state index in [-0.39, 0.29) is 37.9 Å². The number of aromatic nitrogens is 1. The van der Waals surface area contributed by atoms with E-state index >= 15 is 0 Å². The highest BCUT2D eigenvalue weighted by atomic mass is 14.8. The van der Waals surface area contributed by atoms with Crippen molar-refractivity contribution in [2.75, 3.05) is 0 Å². The fourth-order valence-corrected chi connectivity index (χ4v) is 11.0. The monoisotopic (exact) mass is 1020 g/mol. The Morgan fingerprint density at radius 1 is 0.312 bits per heavy atom. The number of nitrogens with one attached hydrogen (secondary N) is 1. The number of aryl methyl sites for hydroxylation is 1. The van der Waals surface area contributed by atoms with Crippen LogP contribution in [0.4, 0.5) is 0 Å². The van der Waals surface area contributed by atoms with Gasteiger partial charge in [-0.05, 0) is 160 Å². The molecule has 0 radical (unpaired) electrons. The lowest BCUT2D eigenvalue weighted by atomic mass is 9.78. The van der Waals surface area contributed by atoms with Gasteiger partial charge in [0.05, 0.1) is 22.8 Å². The number of aliphatic imine (C=N–C) groups is 2. The van der Waals surface area contributed by atoms with Gasteiger partial charge in [0.2, 0.25) is 0 Å². The Hall–Kier alpha value is -6.32. The highest BCUT2D eigenvalue weighted by Gasteiger charge is 2.32. The molecular weight excluding hydrogens is 931 g/mol. The van der Waals surface area contributed by atoms with Crippen LogP contribution in [0.1, 0.15) is 230 Å². The van der Waals surface area contributed by atoms with Crippen molar-refractivity contribution in [1.29, 1.82) is 0 Å². The molecule has 4 aromatic carbocycles. The van der Waals surface area contributed by atoms with Crippen LogP contribution in [-0.4, -0.2) is 16.4 Å². The van der Waals surface area contributed by atoms with E-state index in [2.05, 4.69) is 279 Å². The van der Waals surface area contributed by atoms with Gasteiger partial charge in [0.1, 0.15) is 0 Å². The molecular formula is C74H89N3. The molecule has 0 amide bonds. The first kappa shape index (κ1) is 55.4. The number of nitrogens with zero attached hydrogens (tertiary/aromatic N) is 2. The van der Waals surface area contributed by atoms with E-state index in [0.717, 1.165) is 62.9 Å². The lowest BCUT2D eigenvalue weighted by molar-refractivity contribution is 0.567. The molecule has 77 heavy (non-hydrogen) atoms. The SMILES string of the molecule is Cc1cc(C2=C3C=CC(=C(c4cc(C(C)(C)C)cc(C(C)(C)C)c4)C4=NC(=C(c5cc(C(C)(C)C)cc(C(C)(C)C)c5)c5ccc([nH]5)C(c5cc(C(C)(C)C)cc(C(C)(C)C)c5)=C5C=CC2=N5)C=C4)C3)cc(C(C)(C)C)c1. The maximum absolute atomic E-state index is 5.88. The first-order valence-electron chi connectivity index (χ1n) is 28.4. The molecule has 4 heterocycles. The van der Waals surface area contributed by atoms with Gasteiger partial charge in [-0.25, -0.2) is 9.98 Å². The van der Waals surface area contributed by atoms with E-state index in [1.165, 1.54) is 77.9 Å². The Morgan fingerprint density at radius 2 is 0.584 bits per heavy atom. The lowest BCUT2D eigenvalue weighted by Gasteiger charge is -2.27. The van der Waals surface area contributed by atoms with Crippen LogP contribution < -0.4 is 0 Å². The number of allylic oxidation sites excluding steroid dienone is 10. The number of aromatic amines is 1. The van der Waals surface area contributed by atoms with Crippen LogP contribution in [0.2, 0.25) is 0 Å². The zero-order valence-electron chi connectivity index (χ0n) is 51.1. The van der Waals surface area contributed by atoms with E-state index in [9.17, 15) is 0 Å². The third-order valence-corrected chi connectivity index (χ3v) is 16.1. The van der Waals surface area contributed by atoms with Crippen molar-refractivity contribution in [3.8, 4) is 0 Å². The van der Waals surface area contributed by atoms with Gasteiger partial charge in [0.25, 0.3) is 0 Å². The molecule has 9 rings (SSSR count). The average molecular weight is 1020 g/mol. The van der Waals surface area contributed by atoms with Crippen molar-refractivity contribution < 1.29 is 0 Å². The van der Waals surface area contributed by atoms with Crippen molar-refractivity contribution in [2.45, 2.75) is 197 Å². The molecule has 3 heteroatoms. The second-order valence-electron chi connectivity index (χ2n) is 30.0. The van der Waals surface area contributed by atoms with Gasteiger partial charge in [0.15, 0.2) is 0 Å². The molecule has 0 atom stereocenters. The van der Waals surface area contributed by atoms with Gasteiger partial charge in [0, 0.05) is 33.7 Å². The Balaban J connectivity index is 1.45. The Bertz CT molecular complexity index is 3440. The van der Waals surface area contributed by atoms with Crippen molar-refractivity contribution in [2.24, 2.45) is 9.98 Å². The first-order chi connectivity index (χ1) is 35.4. The Morgan fingerprint density at radius 3 is 0.883 bits per heavy atom. The van der Waals surface area contributed by atoms with Crippen molar-refractivity contribution >= 4 is 33.7 Å². The molecule has 8 bridgehead atoms. The summed E-state index contributed by atoms with van der Waals surface area (Å²) in [4.78, 5) is 15.9. The molecule has 1 aromatic heterocycles. The summed E-state index contributed by atoms with van der Waals surface area (Å²) in [7, 11) is 0. The van der Waals surface area contributed by atoms with Crippen LogP contribution in [-0.2, 0) is 37.9 Å². The quantitative estimate of drug-likeness (QED) is 0.186. The summed E-state index contributed by atoms with van der Waals surface area (Å²) in [5.74, 6) is 0. The van der Waals surface area contributed by atoms with E-state index in [0.29, 0.717) is 0 Å². The third-order valence-electron chi connectivity index (χ3n) is 16.1. The molecule has 0 saturated carbocycles. The molecule has 1 aliphatic carbocycles. The fraction of sp³-hybridized carbons (Fsp3) is 0.405. The number of benzene rings is 4. The second kappa shape index (κ2) is 19.0. The topological polar surface area (TPSA) is 40.5 Å². The van der Waals surface area contributed by atoms with Crippen LogP contribution >= 0.6 is 0 Å². The number of fused-ring (bicyclic) bond motifs is 6. The molecule has 4 aliphatic rings. The summed E-state index contributed by atoms with van der Waals surface area (Å²) >= 11 is 0. The highest BCUT2D eigenvalue weighted by Crippen LogP contribution is 2.45. The van der Waals surface area contributed by atoms with Crippen molar-refractivity contribution in [3.05, 3.63) is 222 Å². The summed E-state index contributed by atoms with van der Waals surface area (Å²) in [5, 5.41) is 0. The third kappa shape index (κ3) is 11.4. The minimum atomic E-state index is -0.0859. The normalized spacial score (nSPS) is 16.7. The number of hydrogen-bond donors (Lipinski definition) is 1. The first-order valence-corrected chi connectivity index (χ1v) is 28.4. The summed E-state index contributed by atoms with van der Waals surface area (Å²) in [6.45, 7) is 51.1. The van der Waals surface area contributed by atoms with Crippen LogP contribution in [0, 0.1) is 6.92 Å². The van der Waals surface area contributed by atoms with Gasteiger partial charge < -0.3 is 4.98 Å². The fourth-order valence-electron chi connectivity index (χ4n) is 11.0. The van der Waals surface area contributed by atoms with Gasteiger partial charge in [-0.2, -0.15) is 0 Å². The average Bonchev–Trinajstić information content (AvgIpc) is 4.19. The smallest absolute Gasteiger partial charge is 0.0737 e. The number of hydrogen-bond acceptors (Lipinski definition) is 2. The van der Waals surface area contributed by atoms with E-state index in [1.807, 2.05) is 0 Å². The van der Waals surface area contributed by atoms with Gasteiger partial charge in [-0.1, -0.05) is 236 Å². The summed E-state index contributed by atoms with van der Waals surface area (Å²) in [5.41, 5.74) is 27.5. The number of H-pyrrole nitrogens is 1. The largest absolute Gasteiger partial charge is 0.354 e. The standard InChI is InChI=1S/C74H89N3/c1-44-31-47(34-51(32-44)68(2,3)4)64-45-23-24-46(33-45)65(48-35-52(69(5,6)7)41-53(36-48)70(8,9)10)59-26-28-61(76-59)67(50-39-56(73(17,18)19)43-57(40-50)74(20,21)22)63-30-29-62(77-63)66(60-27-25-58(64)75-60)49-37-54(71(11,12)13)42-55(38-49)72(14,15)16/h23-32,34-43,77H,33H2,1-22H3. The highest BCUT2D eigenvalue weighted by molar-refractivity contribution is 6.34.